The van der Waals surface area contributed by atoms with Gasteiger partial charge in [0, 0.05) is 45.6 Å². The molecule has 0 aromatic carbocycles. The molecule has 2 heterocycles. The lowest BCUT2D eigenvalue weighted by molar-refractivity contribution is -0.00815. The maximum Gasteiger partial charge on any atom is 0.193 e. The predicted octanol–water partition coefficient (Wildman–Crippen LogP) is 2.05. The van der Waals surface area contributed by atoms with E-state index in [1.165, 1.54) is 0 Å². The molecule has 1 aliphatic heterocycles. The Balaban J connectivity index is 0.00000312. The number of aliphatic imine (C=N–C) groups is 1. The third-order valence-electron chi connectivity index (χ3n) is 4.04. The van der Waals surface area contributed by atoms with Gasteiger partial charge in [0.1, 0.15) is 6.10 Å². The summed E-state index contributed by atoms with van der Waals surface area (Å²) in [7, 11) is 3.74. The molecule has 8 heteroatoms. The van der Waals surface area contributed by atoms with E-state index < -0.39 is 0 Å². The van der Waals surface area contributed by atoms with Crippen LogP contribution in [0.1, 0.15) is 31.9 Å². The van der Waals surface area contributed by atoms with Crippen LogP contribution in [0, 0.1) is 5.92 Å². The first kappa shape index (κ1) is 22.2. The van der Waals surface area contributed by atoms with Gasteiger partial charge in [-0.05, 0) is 12.3 Å². The summed E-state index contributed by atoms with van der Waals surface area (Å²) in [6.07, 6.45) is 5.01. The van der Waals surface area contributed by atoms with E-state index in [0.717, 1.165) is 44.2 Å². The van der Waals surface area contributed by atoms with Gasteiger partial charge in [-0.25, -0.2) is 0 Å². The van der Waals surface area contributed by atoms with E-state index in [1.807, 2.05) is 26.5 Å². The Morgan fingerprint density at radius 2 is 2.28 bits per heavy atom. The monoisotopic (exact) mass is 465 g/mol. The van der Waals surface area contributed by atoms with Gasteiger partial charge in [0.25, 0.3) is 0 Å². The van der Waals surface area contributed by atoms with Gasteiger partial charge in [-0.3, -0.25) is 9.67 Å². The van der Waals surface area contributed by atoms with Crippen LogP contribution in [-0.4, -0.2) is 67.1 Å². The summed E-state index contributed by atoms with van der Waals surface area (Å²) in [5.74, 6) is 1.59. The molecule has 0 saturated carbocycles. The molecule has 144 valence electrons. The number of nitrogens with zero attached hydrogens (tertiary/aromatic N) is 4. The molecule has 1 fully saturated rings. The number of hydrogen-bond acceptors (Lipinski definition) is 4. The summed E-state index contributed by atoms with van der Waals surface area (Å²) in [6.45, 7) is 9.00. The highest BCUT2D eigenvalue weighted by atomic mass is 127. The second kappa shape index (κ2) is 11.7. The molecule has 0 amide bonds. The zero-order valence-electron chi connectivity index (χ0n) is 15.8. The number of morpholine rings is 1. The van der Waals surface area contributed by atoms with Crippen LogP contribution in [0.2, 0.25) is 0 Å². The van der Waals surface area contributed by atoms with E-state index >= 15 is 0 Å². The molecule has 1 N–H and O–H groups in total. The van der Waals surface area contributed by atoms with Crippen LogP contribution in [0.5, 0.6) is 0 Å². The Morgan fingerprint density at radius 3 is 2.92 bits per heavy atom. The van der Waals surface area contributed by atoms with E-state index in [1.54, 1.807) is 4.68 Å². The number of ether oxygens (including phenoxy) is 2. The summed E-state index contributed by atoms with van der Waals surface area (Å²) in [5.41, 5.74) is 1.11. The number of halogens is 1. The molecular formula is C17H32IN5O2. The maximum atomic E-state index is 5.88. The van der Waals surface area contributed by atoms with E-state index in [4.69, 9.17) is 9.47 Å². The van der Waals surface area contributed by atoms with Crippen molar-refractivity contribution in [2.45, 2.75) is 26.4 Å². The molecule has 0 bridgehead atoms. The molecule has 0 radical (unpaired) electrons. The normalized spacial score (nSPS) is 18.4. The highest BCUT2D eigenvalue weighted by Crippen LogP contribution is 2.21. The zero-order valence-corrected chi connectivity index (χ0v) is 18.1. The van der Waals surface area contributed by atoms with Crippen LogP contribution in [0.25, 0.3) is 0 Å². The van der Waals surface area contributed by atoms with Crippen molar-refractivity contribution in [2.75, 3.05) is 46.5 Å². The Hall–Kier alpha value is -0.870. The number of rotatable bonds is 7. The quantitative estimate of drug-likeness (QED) is 0.289. The SMILES string of the molecule is CN=C(NCCOCCC(C)C)N1CCOC(c2cnn(C)c2)C1.I. The zero-order chi connectivity index (χ0) is 17.4. The van der Waals surface area contributed by atoms with Crippen molar-refractivity contribution < 1.29 is 9.47 Å². The number of aryl methyl sites for hydroxylation is 1. The number of aromatic nitrogens is 2. The van der Waals surface area contributed by atoms with E-state index in [0.29, 0.717) is 19.1 Å². The van der Waals surface area contributed by atoms with Crippen LogP contribution in [0.4, 0.5) is 0 Å². The van der Waals surface area contributed by atoms with E-state index in [9.17, 15) is 0 Å². The topological polar surface area (TPSA) is 63.9 Å². The molecule has 2 rings (SSSR count). The molecule has 1 unspecified atom stereocenters. The van der Waals surface area contributed by atoms with Gasteiger partial charge in [-0.15, -0.1) is 24.0 Å². The van der Waals surface area contributed by atoms with Crippen molar-refractivity contribution in [1.29, 1.82) is 0 Å². The molecular weight excluding hydrogens is 433 g/mol. The summed E-state index contributed by atoms with van der Waals surface area (Å²) < 4.78 is 13.3. The first-order chi connectivity index (χ1) is 11.6. The smallest absolute Gasteiger partial charge is 0.193 e. The highest BCUT2D eigenvalue weighted by Gasteiger charge is 2.24. The molecule has 1 aliphatic rings. The van der Waals surface area contributed by atoms with Gasteiger partial charge >= 0.3 is 0 Å². The first-order valence-corrected chi connectivity index (χ1v) is 8.73. The molecule has 0 spiro atoms. The van der Waals surface area contributed by atoms with E-state index in [-0.39, 0.29) is 30.1 Å². The lowest BCUT2D eigenvalue weighted by atomic mass is 10.1. The predicted molar refractivity (Wildman–Crippen MR) is 111 cm³/mol. The van der Waals surface area contributed by atoms with Gasteiger partial charge in [0.2, 0.25) is 0 Å². The van der Waals surface area contributed by atoms with Gasteiger partial charge in [-0.2, -0.15) is 5.10 Å². The van der Waals surface area contributed by atoms with Crippen molar-refractivity contribution >= 4 is 29.9 Å². The molecule has 1 saturated heterocycles. The fraction of sp³-hybridized carbons (Fsp3) is 0.765. The Bertz CT molecular complexity index is 521. The summed E-state index contributed by atoms with van der Waals surface area (Å²) in [4.78, 5) is 6.62. The second-order valence-corrected chi connectivity index (χ2v) is 6.52. The van der Waals surface area contributed by atoms with Crippen LogP contribution < -0.4 is 5.32 Å². The third kappa shape index (κ3) is 7.49. The lowest BCUT2D eigenvalue weighted by Crippen LogP contribution is -2.48. The summed E-state index contributed by atoms with van der Waals surface area (Å²) in [6, 6.07) is 0. The van der Waals surface area contributed by atoms with Crippen molar-refractivity contribution in [3.05, 3.63) is 18.0 Å². The van der Waals surface area contributed by atoms with Crippen LogP contribution >= 0.6 is 24.0 Å². The average molecular weight is 465 g/mol. The van der Waals surface area contributed by atoms with Crippen molar-refractivity contribution in [3.8, 4) is 0 Å². The van der Waals surface area contributed by atoms with Gasteiger partial charge in [0.05, 0.1) is 26.0 Å². The minimum Gasteiger partial charge on any atom is -0.380 e. The maximum absolute atomic E-state index is 5.88. The number of hydrogen-bond donors (Lipinski definition) is 1. The Morgan fingerprint density at radius 1 is 1.48 bits per heavy atom. The van der Waals surface area contributed by atoms with Gasteiger partial charge in [0.15, 0.2) is 5.96 Å². The fourth-order valence-corrected chi connectivity index (χ4v) is 2.64. The minimum atomic E-state index is 0. The standard InChI is InChI=1S/C17H31N5O2.HI/c1-14(2)5-8-23-9-6-19-17(18-3)22-7-10-24-16(13-22)15-11-20-21(4)12-15;/h11-12,14,16H,5-10,13H2,1-4H3,(H,18,19);1H. The molecule has 0 aliphatic carbocycles. The summed E-state index contributed by atoms with van der Waals surface area (Å²) in [5, 5.41) is 7.61. The first-order valence-electron chi connectivity index (χ1n) is 8.73. The van der Waals surface area contributed by atoms with Crippen LogP contribution in [0.15, 0.2) is 17.4 Å². The molecule has 25 heavy (non-hydrogen) atoms. The molecule has 1 aromatic heterocycles. The minimum absolute atomic E-state index is 0. The van der Waals surface area contributed by atoms with Crippen molar-refractivity contribution in [1.82, 2.24) is 20.0 Å². The largest absolute Gasteiger partial charge is 0.380 e. The fourth-order valence-electron chi connectivity index (χ4n) is 2.64. The Kier molecular flexibility index (Phi) is 10.4. The van der Waals surface area contributed by atoms with Crippen LogP contribution in [0.3, 0.4) is 0 Å². The second-order valence-electron chi connectivity index (χ2n) is 6.52. The number of guanidine groups is 1. The van der Waals surface area contributed by atoms with E-state index in [2.05, 4.69) is 34.2 Å². The van der Waals surface area contributed by atoms with Crippen molar-refractivity contribution in [2.24, 2.45) is 18.0 Å². The van der Waals surface area contributed by atoms with Gasteiger partial charge < -0.3 is 19.7 Å². The highest BCUT2D eigenvalue weighted by molar-refractivity contribution is 14.0. The molecule has 7 nitrogen and oxygen atoms in total. The molecule has 1 aromatic rings. The lowest BCUT2D eigenvalue weighted by Gasteiger charge is -2.34. The Labute approximate surface area is 168 Å². The number of nitrogens with one attached hydrogen (secondary N) is 1. The van der Waals surface area contributed by atoms with Crippen LogP contribution in [-0.2, 0) is 16.5 Å². The van der Waals surface area contributed by atoms with Gasteiger partial charge in [-0.1, -0.05) is 13.8 Å². The molecule has 1 atom stereocenters. The average Bonchev–Trinajstić information content (AvgIpc) is 3.01. The van der Waals surface area contributed by atoms with Crippen molar-refractivity contribution in [3.63, 3.8) is 0 Å². The summed E-state index contributed by atoms with van der Waals surface area (Å²) >= 11 is 0. The third-order valence-corrected chi connectivity index (χ3v) is 4.04.